The van der Waals surface area contributed by atoms with Gasteiger partial charge in [-0.15, -0.1) is 0 Å². The van der Waals surface area contributed by atoms with Gasteiger partial charge in [-0.05, 0) is 12.8 Å². The molecule has 0 nitrogen and oxygen atoms in total. The largest absolute Gasteiger partial charge is 0.384 e. The maximum absolute atomic E-state index is 13.1. The molecule has 0 aromatic carbocycles. The quantitative estimate of drug-likeness (QED) is 0.639. The molecule has 0 unspecified atom stereocenters. The van der Waals surface area contributed by atoms with Crippen LogP contribution in [0.15, 0.2) is 0 Å². The molecule has 0 bridgehead atoms. The van der Waals surface area contributed by atoms with E-state index in [-0.39, 0.29) is 12.8 Å². The van der Waals surface area contributed by atoms with Crippen molar-refractivity contribution >= 4 is 0 Å². The minimum Gasteiger partial charge on any atom is -0.199 e. The zero-order valence-electron chi connectivity index (χ0n) is 7.80. The highest BCUT2D eigenvalue weighted by Gasteiger charge is 2.67. The van der Waals surface area contributed by atoms with Crippen LogP contribution in [-0.4, -0.2) is 11.8 Å². The van der Waals surface area contributed by atoms with Crippen LogP contribution in [0.2, 0.25) is 0 Å². The molecule has 0 aliphatic heterocycles. The summed E-state index contributed by atoms with van der Waals surface area (Å²) >= 11 is 0. The van der Waals surface area contributed by atoms with E-state index in [2.05, 4.69) is 0 Å². The average molecular weight is 232 g/mol. The number of hydrogen-bond acceptors (Lipinski definition) is 0. The number of halogens is 6. The average Bonchev–Trinajstić information content (AvgIpc) is 2.18. The summed E-state index contributed by atoms with van der Waals surface area (Å²) in [7, 11) is 0. The molecule has 0 spiro atoms. The van der Waals surface area contributed by atoms with Gasteiger partial charge < -0.3 is 0 Å². The molecule has 1 aliphatic carbocycles. The van der Waals surface area contributed by atoms with Crippen LogP contribution < -0.4 is 0 Å². The summed E-state index contributed by atoms with van der Waals surface area (Å²) in [6.45, 7) is 0. The molecule has 0 saturated heterocycles. The fourth-order valence-corrected chi connectivity index (χ4v) is 1.63. The first kappa shape index (κ1) is 12.6. The Hall–Kier alpha value is -0.420. The van der Waals surface area contributed by atoms with Crippen LogP contribution >= 0.6 is 0 Å². The molecule has 0 atom stereocenters. The Morgan fingerprint density at radius 2 is 1.33 bits per heavy atom. The molecule has 1 rings (SSSR count). The first-order chi connectivity index (χ1) is 6.80. The zero-order chi connectivity index (χ0) is 11.7. The van der Waals surface area contributed by atoms with Gasteiger partial charge in [0.15, 0.2) is 0 Å². The summed E-state index contributed by atoms with van der Waals surface area (Å²) in [5.74, 6) is -10.8. The minimum absolute atomic E-state index is 0.199. The standard InChI is InChI=1S/C9H10F6/c10-7(11)9(14,15)8(12,13)6-4-2-1-3-5-6/h1-5H2. The molecule has 1 saturated carbocycles. The van der Waals surface area contributed by atoms with Crippen molar-refractivity contribution in [3.05, 3.63) is 12.3 Å². The molecule has 15 heavy (non-hydrogen) atoms. The normalized spacial score (nSPS) is 21.0. The van der Waals surface area contributed by atoms with Gasteiger partial charge in [0, 0.05) is 0 Å². The maximum atomic E-state index is 13.1. The van der Waals surface area contributed by atoms with Crippen LogP contribution in [0.25, 0.3) is 0 Å². The highest BCUT2D eigenvalue weighted by Crippen LogP contribution is 2.51. The first-order valence-electron chi connectivity index (χ1n) is 4.59. The Kier molecular flexibility index (Phi) is 3.55. The van der Waals surface area contributed by atoms with Gasteiger partial charge in [-0.25, -0.2) is 0 Å². The lowest BCUT2D eigenvalue weighted by atomic mass is 9.82. The van der Waals surface area contributed by atoms with Crippen molar-refractivity contribution in [3.63, 3.8) is 0 Å². The van der Waals surface area contributed by atoms with Crippen molar-refractivity contribution in [1.29, 1.82) is 0 Å². The Morgan fingerprint density at radius 3 is 1.73 bits per heavy atom. The Morgan fingerprint density at radius 1 is 0.867 bits per heavy atom. The predicted molar refractivity (Wildman–Crippen MR) is 41.7 cm³/mol. The number of alkyl halides is 4. The Labute approximate surface area is 83.6 Å². The van der Waals surface area contributed by atoms with E-state index in [1.54, 1.807) is 0 Å². The number of rotatable bonds is 3. The van der Waals surface area contributed by atoms with Crippen LogP contribution in [0.1, 0.15) is 32.1 Å². The van der Waals surface area contributed by atoms with Crippen molar-refractivity contribution in [1.82, 2.24) is 0 Å². The monoisotopic (exact) mass is 232 g/mol. The zero-order valence-corrected chi connectivity index (χ0v) is 7.80. The van der Waals surface area contributed by atoms with Crippen molar-refractivity contribution < 1.29 is 26.3 Å². The van der Waals surface area contributed by atoms with E-state index in [4.69, 9.17) is 0 Å². The van der Waals surface area contributed by atoms with Gasteiger partial charge in [0.1, 0.15) is 0 Å². The molecular formula is C9H10F6. The van der Waals surface area contributed by atoms with Crippen molar-refractivity contribution in [2.75, 3.05) is 0 Å². The summed E-state index contributed by atoms with van der Waals surface area (Å²) < 4.78 is 74.7. The maximum Gasteiger partial charge on any atom is 0.384 e. The summed E-state index contributed by atoms with van der Waals surface area (Å²) in [4.78, 5) is 0. The van der Waals surface area contributed by atoms with E-state index in [0.717, 1.165) is 0 Å². The second-order valence-corrected chi connectivity index (χ2v) is 3.57. The topological polar surface area (TPSA) is 0 Å². The van der Waals surface area contributed by atoms with Crippen molar-refractivity contribution in [2.24, 2.45) is 0 Å². The van der Waals surface area contributed by atoms with Crippen LogP contribution in [0.4, 0.5) is 26.3 Å². The summed E-state index contributed by atoms with van der Waals surface area (Å²) in [5.41, 5.74) is 0. The fourth-order valence-electron chi connectivity index (χ4n) is 1.63. The predicted octanol–water partition coefficient (Wildman–Crippen LogP) is 4.22. The molecule has 2 radical (unpaired) electrons. The Balaban J connectivity index is 2.79. The molecule has 0 amide bonds. The molecular weight excluding hydrogens is 222 g/mol. The second kappa shape index (κ2) is 4.22. The molecule has 0 N–H and O–H groups in total. The summed E-state index contributed by atoms with van der Waals surface area (Å²) in [6, 6.07) is 0. The summed E-state index contributed by atoms with van der Waals surface area (Å²) in [5, 5.41) is 0. The second-order valence-electron chi connectivity index (χ2n) is 3.57. The van der Waals surface area contributed by atoms with Crippen molar-refractivity contribution in [3.8, 4) is 0 Å². The lowest BCUT2D eigenvalue weighted by Gasteiger charge is -2.33. The van der Waals surface area contributed by atoms with Gasteiger partial charge in [-0.1, -0.05) is 19.3 Å². The first-order valence-corrected chi connectivity index (χ1v) is 4.59. The van der Waals surface area contributed by atoms with E-state index in [1.807, 2.05) is 0 Å². The van der Waals surface area contributed by atoms with Gasteiger partial charge in [0.05, 0.1) is 5.92 Å². The SMILES string of the molecule is F[C](F)C(F)(F)C(F)(F)[C]1CCCCC1. The van der Waals surface area contributed by atoms with E-state index in [0.29, 0.717) is 19.3 Å². The fraction of sp³-hybridized carbons (Fsp3) is 0.778. The third-order valence-corrected chi connectivity index (χ3v) is 2.53. The Bertz CT molecular complexity index is 207. The minimum atomic E-state index is -5.33. The van der Waals surface area contributed by atoms with Crippen LogP contribution in [0.3, 0.4) is 0 Å². The van der Waals surface area contributed by atoms with Crippen molar-refractivity contribution in [2.45, 2.75) is 43.9 Å². The van der Waals surface area contributed by atoms with Gasteiger partial charge in [-0.3, -0.25) is 0 Å². The molecule has 6 heteroatoms. The molecule has 0 heterocycles. The van der Waals surface area contributed by atoms with Gasteiger partial charge >= 0.3 is 18.3 Å². The lowest BCUT2D eigenvalue weighted by Crippen LogP contribution is -2.48. The molecule has 1 aliphatic rings. The van der Waals surface area contributed by atoms with Crippen LogP contribution in [-0.2, 0) is 0 Å². The van der Waals surface area contributed by atoms with E-state index in [9.17, 15) is 26.3 Å². The van der Waals surface area contributed by atoms with E-state index in [1.165, 1.54) is 0 Å². The smallest absolute Gasteiger partial charge is 0.199 e. The third-order valence-electron chi connectivity index (χ3n) is 2.53. The lowest BCUT2D eigenvalue weighted by molar-refractivity contribution is -0.222. The van der Waals surface area contributed by atoms with Crippen LogP contribution in [0, 0.1) is 12.3 Å². The molecule has 0 aromatic heterocycles. The highest BCUT2D eigenvalue weighted by molar-refractivity contribution is 5.14. The van der Waals surface area contributed by atoms with E-state index < -0.39 is 24.2 Å². The molecule has 88 valence electrons. The van der Waals surface area contributed by atoms with Gasteiger partial charge in [-0.2, -0.15) is 26.3 Å². The molecule has 0 aromatic rings. The number of hydrogen-bond donors (Lipinski definition) is 0. The molecule has 1 fully saturated rings. The third kappa shape index (κ3) is 2.23. The summed E-state index contributed by atoms with van der Waals surface area (Å²) in [6.07, 6.45) is -2.53. The van der Waals surface area contributed by atoms with Gasteiger partial charge in [0.25, 0.3) is 0 Å². The van der Waals surface area contributed by atoms with Crippen LogP contribution in [0.5, 0.6) is 0 Å². The van der Waals surface area contributed by atoms with Gasteiger partial charge in [0.2, 0.25) is 0 Å². The van der Waals surface area contributed by atoms with E-state index >= 15 is 0 Å². The highest BCUT2D eigenvalue weighted by atomic mass is 19.3.